The van der Waals surface area contributed by atoms with Gasteiger partial charge in [-0.25, -0.2) is 0 Å². The van der Waals surface area contributed by atoms with Gasteiger partial charge in [-0.15, -0.1) is 0 Å². The van der Waals surface area contributed by atoms with Gasteiger partial charge in [0.05, 0.1) is 6.20 Å². The van der Waals surface area contributed by atoms with Gasteiger partial charge in [0.1, 0.15) is 0 Å². The Morgan fingerprint density at radius 1 is 1.62 bits per heavy atom. The molecule has 0 bridgehead atoms. The number of hydrogen-bond donors (Lipinski definition) is 1. The van der Waals surface area contributed by atoms with E-state index in [2.05, 4.69) is 25.1 Å². The van der Waals surface area contributed by atoms with E-state index in [-0.39, 0.29) is 0 Å². The third-order valence-corrected chi connectivity index (χ3v) is 2.14. The van der Waals surface area contributed by atoms with Gasteiger partial charge in [0.15, 0.2) is 0 Å². The van der Waals surface area contributed by atoms with Crippen molar-refractivity contribution in [1.82, 2.24) is 9.78 Å². The Morgan fingerprint density at radius 3 is 2.92 bits per heavy atom. The van der Waals surface area contributed by atoms with Crippen LogP contribution in [0.2, 0.25) is 0 Å². The predicted molar refractivity (Wildman–Crippen MR) is 54.5 cm³/mol. The monoisotopic (exact) mass is 181 g/mol. The van der Waals surface area contributed by atoms with E-state index in [1.807, 2.05) is 10.9 Å². The summed E-state index contributed by atoms with van der Waals surface area (Å²) < 4.78 is 1.96. The highest BCUT2D eigenvalue weighted by Crippen LogP contribution is 2.04. The van der Waals surface area contributed by atoms with Crippen molar-refractivity contribution in [3.63, 3.8) is 0 Å². The number of aryl methyl sites for hydroxylation is 2. The van der Waals surface area contributed by atoms with Crippen molar-refractivity contribution in [3.05, 3.63) is 18.0 Å². The highest BCUT2D eigenvalue weighted by molar-refractivity contribution is 5.03. The average Bonchev–Trinajstić information content (AvgIpc) is 2.52. The van der Waals surface area contributed by atoms with E-state index < -0.39 is 0 Å². The van der Waals surface area contributed by atoms with E-state index in [0.717, 1.165) is 25.8 Å². The summed E-state index contributed by atoms with van der Waals surface area (Å²) in [5.74, 6) is 0. The first kappa shape index (κ1) is 10.3. The number of rotatable bonds is 5. The lowest BCUT2D eigenvalue weighted by Crippen LogP contribution is -2.14. The molecule has 1 heterocycles. The third kappa shape index (κ3) is 3.59. The lowest BCUT2D eigenvalue weighted by Gasteiger charge is -2.02. The first-order valence-electron chi connectivity index (χ1n) is 4.99. The summed E-state index contributed by atoms with van der Waals surface area (Å²) in [6.45, 7) is 5.10. The molecule has 0 spiro atoms. The molecule has 0 amide bonds. The van der Waals surface area contributed by atoms with Crippen molar-refractivity contribution in [1.29, 1.82) is 0 Å². The number of hydrogen-bond acceptors (Lipinski definition) is 2. The second-order valence-corrected chi connectivity index (χ2v) is 3.57. The molecule has 0 aliphatic rings. The molecule has 1 unspecified atom stereocenters. The molecule has 1 aromatic rings. The van der Waals surface area contributed by atoms with Crippen LogP contribution >= 0.6 is 0 Å². The standard InChI is InChI=1S/C10H19N3/c1-3-13-8-10(7-12-13)6-4-5-9(2)11/h7-9H,3-6,11H2,1-2H3. The maximum Gasteiger partial charge on any atom is 0.0521 e. The maximum atomic E-state index is 5.67. The Labute approximate surface area is 79.9 Å². The van der Waals surface area contributed by atoms with Crippen molar-refractivity contribution in [3.8, 4) is 0 Å². The van der Waals surface area contributed by atoms with Crippen molar-refractivity contribution in [2.24, 2.45) is 5.73 Å². The average molecular weight is 181 g/mol. The van der Waals surface area contributed by atoms with Gasteiger partial charge in [-0.2, -0.15) is 5.10 Å². The smallest absolute Gasteiger partial charge is 0.0521 e. The molecule has 2 N–H and O–H groups in total. The summed E-state index contributed by atoms with van der Waals surface area (Å²) in [5, 5.41) is 4.22. The normalized spacial score (nSPS) is 13.2. The molecule has 0 aliphatic carbocycles. The van der Waals surface area contributed by atoms with Crippen molar-refractivity contribution < 1.29 is 0 Å². The Morgan fingerprint density at radius 2 is 2.38 bits per heavy atom. The van der Waals surface area contributed by atoms with Gasteiger partial charge in [0.25, 0.3) is 0 Å². The van der Waals surface area contributed by atoms with E-state index in [9.17, 15) is 0 Å². The summed E-state index contributed by atoms with van der Waals surface area (Å²) in [6, 6.07) is 0.321. The molecule has 0 radical (unpaired) electrons. The van der Waals surface area contributed by atoms with Crippen LogP contribution in [0.5, 0.6) is 0 Å². The molecule has 0 fully saturated rings. The molecule has 1 rings (SSSR count). The minimum atomic E-state index is 0.321. The van der Waals surface area contributed by atoms with Gasteiger partial charge in [-0.3, -0.25) is 4.68 Å². The summed E-state index contributed by atoms with van der Waals surface area (Å²) in [7, 11) is 0. The molecular formula is C10H19N3. The van der Waals surface area contributed by atoms with Gasteiger partial charge < -0.3 is 5.73 Å². The zero-order chi connectivity index (χ0) is 9.68. The molecule has 74 valence electrons. The molecule has 13 heavy (non-hydrogen) atoms. The molecule has 0 aliphatic heterocycles. The second-order valence-electron chi connectivity index (χ2n) is 3.57. The Balaban J connectivity index is 2.28. The summed E-state index contributed by atoms with van der Waals surface area (Å²) >= 11 is 0. The molecule has 1 atom stereocenters. The highest BCUT2D eigenvalue weighted by Gasteiger charge is 1.98. The topological polar surface area (TPSA) is 43.8 Å². The van der Waals surface area contributed by atoms with Gasteiger partial charge in [0, 0.05) is 18.8 Å². The van der Waals surface area contributed by atoms with E-state index in [0.29, 0.717) is 6.04 Å². The van der Waals surface area contributed by atoms with Crippen LogP contribution in [0.1, 0.15) is 32.3 Å². The van der Waals surface area contributed by atoms with E-state index in [1.54, 1.807) is 0 Å². The SMILES string of the molecule is CCn1cc(CCCC(C)N)cn1. The largest absolute Gasteiger partial charge is 0.328 e. The number of aromatic nitrogens is 2. The maximum absolute atomic E-state index is 5.67. The van der Waals surface area contributed by atoms with Crippen LogP contribution in [-0.4, -0.2) is 15.8 Å². The number of nitrogens with zero attached hydrogens (tertiary/aromatic N) is 2. The predicted octanol–water partition coefficient (Wildman–Crippen LogP) is 1.57. The number of nitrogens with two attached hydrogens (primary N) is 1. The lowest BCUT2D eigenvalue weighted by atomic mass is 10.1. The minimum Gasteiger partial charge on any atom is -0.328 e. The molecule has 3 nitrogen and oxygen atoms in total. The van der Waals surface area contributed by atoms with Gasteiger partial charge >= 0.3 is 0 Å². The highest BCUT2D eigenvalue weighted by atomic mass is 15.3. The first-order valence-corrected chi connectivity index (χ1v) is 4.99. The fraction of sp³-hybridized carbons (Fsp3) is 0.700. The summed E-state index contributed by atoms with van der Waals surface area (Å²) in [6.07, 6.45) is 7.41. The van der Waals surface area contributed by atoms with Crippen LogP contribution in [0.3, 0.4) is 0 Å². The van der Waals surface area contributed by atoms with Crippen molar-refractivity contribution in [2.75, 3.05) is 0 Å². The quantitative estimate of drug-likeness (QED) is 0.749. The van der Waals surface area contributed by atoms with Crippen LogP contribution in [0.4, 0.5) is 0 Å². The Hall–Kier alpha value is -0.830. The first-order chi connectivity index (χ1) is 6.22. The molecule has 1 aromatic heterocycles. The van der Waals surface area contributed by atoms with Crippen molar-refractivity contribution >= 4 is 0 Å². The molecule has 0 saturated heterocycles. The van der Waals surface area contributed by atoms with Crippen LogP contribution < -0.4 is 5.73 Å². The third-order valence-electron chi connectivity index (χ3n) is 2.14. The lowest BCUT2D eigenvalue weighted by molar-refractivity contribution is 0.623. The van der Waals surface area contributed by atoms with Crippen LogP contribution in [-0.2, 0) is 13.0 Å². The molecular weight excluding hydrogens is 162 g/mol. The van der Waals surface area contributed by atoms with Gasteiger partial charge in [-0.1, -0.05) is 0 Å². The summed E-state index contributed by atoms with van der Waals surface area (Å²) in [5.41, 5.74) is 6.99. The second kappa shape index (κ2) is 5.02. The van der Waals surface area contributed by atoms with E-state index in [4.69, 9.17) is 5.73 Å². The minimum absolute atomic E-state index is 0.321. The zero-order valence-electron chi connectivity index (χ0n) is 8.53. The fourth-order valence-corrected chi connectivity index (χ4v) is 1.34. The summed E-state index contributed by atoms with van der Waals surface area (Å²) in [4.78, 5) is 0. The van der Waals surface area contributed by atoms with Crippen LogP contribution in [0.15, 0.2) is 12.4 Å². The van der Waals surface area contributed by atoms with Crippen molar-refractivity contribution in [2.45, 2.75) is 45.7 Å². The van der Waals surface area contributed by atoms with E-state index in [1.165, 1.54) is 5.56 Å². The Kier molecular flexibility index (Phi) is 3.96. The van der Waals surface area contributed by atoms with E-state index >= 15 is 0 Å². The molecule has 0 saturated carbocycles. The zero-order valence-corrected chi connectivity index (χ0v) is 8.53. The van der Waals surface area contributed by atoms with Crippen LogP contribution in [0, 0.1) is 0 Å². The molecule has 3 heteroatoms. The van der Waals surface area contributed by atoms with Gasteiger partial charge in [0.2, 0.25) is 0 Å². The Bertz CT molecular complexity index is 240. The molecule has 0 aromatic carbocycles. The fourth-order valence-electron chi connectivity index (χ4n) is 1.34. The van der Waals surface area contributed by atoms with Gasteiger partial charge in [-0.05, 0) is 38.7 Å². The van der Waals surface area contributed by atoms with Crippen LogP contribution in [0.25, 0.3) is 0 Å².